The van der Waals surface area contributed by atoms with Crippen molar-refractivity contribution in [3.63, 3.8) is 0 Å². The molecule has 27 heavy (non-hydrogen) atoms. The van der Waals surface area contributed by atoms with E-state index in [2.05, 4.69) is 66.1 Å². The van der Waals surface area contributed by atoms with Gasteiger partial charge in [0.05, 0.1) is 12.6 Å². The van der Waals surface area contributed by atoms with Gasteiger partial charge in [0.15, 0.2) is 5.11 Å². The van der Waals surface area contributed by atoms with Gasteiger partial charge in [-0.3, -0.25) is 0 Å². The summed E-state index contributed by atoms with van der Waals surface area (Å²) in [5.74, 6) is 0.855. The minimum atomic E-state index is 0.109. The summed E-state index contributed by atoms with van der Waals surface area (Å²) >= 11 is 5.45. The summed E-state index contributed by atoms with van der Waals surface area (Å²) in [6, 6.07) is 26.8. The fraction of sp³-hybridized carbons (Fsp3) is 0.174. The number of anilines is 1. The van der Waals surface area contributed by atoms with Crippen molar-refractivity contribution in [1.29, 1.82) is 0 Å². The van der Waals surface area contributed by atoms with E-state index in [1.165, 1.54) is 16.7 Å². The summed E-state index contributed by atoms with van der Waals surface area (Å²) < 4.78 is 5.45. The first kappa shape index (κ1) is 18.9. The Kier molecular flexibility index (Phi) is 6.44. The summed E-state index contributed by atoms with van der Waals surface area (Å²) in [5.41, 5.74) is 4.55. The number of ether oxygens (including phenoxy) is 1. The zero-order valence-electron chi connectivity index (χ0n) is 15.6. The van der Waals surface area contributed by atoms with Crippen LogP contribution in [0.15, 0.2) is 78.9 Å². The monoisotopic (exact) mass is 376 g/mol. The molecule has 138 valence electrons. The maximum Gasteiger partial charge on any atom is 0.171 e. The third-order valence-corrected chi connectivity index (χ3v) is 4.51. The molecule has 0 aliphatic heterocycles. The Hall–Kier alpha value is -2.85. The van der Waals surface area contributed by atoms with Crippen molar-refractivity contribution in [2.45, 2.75) is 19.9 Å². The number of hydrogen-bond donors (Lipinski definition) is 2. The molecule has 3 aromatic rings. The highest BCUT2D eigenvalue weighted by atomic mass is 32.1. The van der Waals surface area contributed by atoms with E-state index in [1.54, 1.807) is 0 Å². The molecular formula is C23H24N2OS. The normalized spacial score (nSPS) is 11.5. The lowest BCUT2D eigenvalue weighted by atomic mass is 10.0. The van der Waals surface area contributed by atoms with Crippen LogP contribution >= 0.6 is 12.2 Å². The predicted molar refractivity (Wildman–Crippen MR) is 117 cm³/mol. The van der Waals surface area contributed by atoms with Gasteiger partial charge in [-0.1, -0.05) is 54.6 Å². The van der Waals surface area contributed by atoms with Gasteiger partial charge >= 0.3 is 0 Å². The van der Waals surface area contributed by atoms with Crippen molar-refractivity contribution in [3.05, 3.63) is 84.4 Å². The van der Waals surface area contributed by atoms with E-state index in [9.17, 15) is 0 Å². The van der Waals surface area contributed by atoms with Crippen molar-refractivity contribution in [2.75, 3.05) is 11.9 Å². The average molecular weight is 377 g/mol. The second-order valence-electron chi connectivity index (χ2n) is 6.27. The maximum absolute atomic E-state index is 5.45. The molecule has 0 heterocycles. The van der Waals surface area contributed by atoms with E-state index in [0.717, 1.165) is 11.4 Å². The molecule has 3 aromatic carbocycles. The standard InChI is InChI=1S/C23H24N2OS/c1-3-26-22-15-13-21(14-16-22)25-23(27)24-17(2)18-9-11-20(12-10-18)19-7-5-4-6-8-19/h4-17H,3H2,1-2H3,(H2,24,25,27)/t17-/m1/s1. The lowest BCUT2D eigenvalue weighted by molar-refractivity contribution is 0.340. The first-order valence-electron chi connectivity index (χ1n) is 9.11. The summed E-state index contributed by atoms with van der Waals surface area (Å²) in [6.45, 7) is 4.73. The molecule has 2 N–H and O–H groups in total. The van der Waals surface area contributed by atoms with E-state index in [0.29, 0.717) is 11.7 Å². The Morgan fingerprint density at radius 1 is 0.889 bits per heavy atom. The highest BCUT2D eigenvalue weighted by Crippen LogP contribution is 2.22. The van der Waals surface area contributed by atoms with Crippen LogP contribution in [-0.4, -0.2) is 11.7 Å². The van der Waals surface area contributed by atoms with Gasteiger partial charge in [-0.25, -0.2) is 0 Å². The molecule has 0 saturated heterocycles. The molecule has 0 fully saturated rings. The van der Waals surface area contributed by atoms with Gasteiger partial charge in [0.1, 0.15) is 5.75 Å². The molecule has 3 nitrogen and oxygen atoms in total. The van der Waals surface area contributed by atoms with Gasteiger partial charge in [-0.15, -0.1) is 0 Å². The van der Waals surface area contributed by atoms with Crippen LogP contribution < -0.4 is 15.4 Å². The predicted octanol–water partition coefficient (Wildman–Crippen LogP) is 5.80. The van der Waals surface area contributed by atoms with E-state index in [-0.39, 0.29) is 6.04 Å². The lowest BCUT2D eigenvalue weighted by Gasteiger charge is -2.18. The van der Waals surface area contributed by atoms with Crippen molar-refractivity contribution >= 4 is 23.0 Å². The third-order valence-electron chi connectivity index (χ3n) is 4.29. The molecular weight excluding hydrogens is 352 g/mol. The fourth-order valence-electron chi connectivity index (χ4n) is 2.84. The van der Waals surface area contributed by atoms with Crippen LogP contribution in [0.1, 0.15) is 25.5 Å². The Morgan fingerprint density at radius 3 is 2.15 bits per heavy atom. The number of rotatable bonds is 6. The second-order valence-corrected chi connectivity index (χ2v) is 6.67. The van der Waals surface area contributed by atoms with Crippen LogP contribution in [0, 0.1) is 0 Å². The molecule has 0 saturated carbocycles. The van der Waals surface area contributed by atoms with Crippen LogP contribution in [-0.2, 0) is 0 Å². The molecule has 0 unspecified atom stereocenters. The lowest BCUT2D eigenvalue weighted by Crippen LogP contribution is -2.30. The molecule has 3 rings (SSSR count). The molecule has 4 heteroatoms. The second kappa shape index (κ2) is 9.19. The fourth-order valence-corrected chi connectivity index (χ4v) is 3.14. The van der Waals surface area contributed by atoms with Crippen LogP contribution in [0.4, 0.5) is 5.69 Å². The molecule has 0 aliphatic carbocycles. The molecule has 0 aromatic heterocycles. The summed E-state index contributed by atoms with van der Waals surface area (Å²) in [7, 11) is 0. The smallest absolute Gasteiger partial charge is 0.171 e. The first-order valence-corrected chi connectivity index (χ1v) is 9.52. The third kappa shape index (κ3) is 5.31. The molecule has 0 amide bonds. The van der Waals surface area contributed by atoms with E-state index >= 15 is 0 Å². The number of nitrogens with one attached hydrogen (secondary N) is 2. The van der Waals surface area contributed by atoms with E-state index in [4.69, 9.17) is 17.0 Å². The highest BCUT2D eigenvalue weighted by Gasteiger charge is 2.08. The molecule has 0 bridgehead atoms. The summed E-state index contributed by atoms with van der Waals surface area (Å²) in [6.07, 6.45) is 0. The zero-order valence-corrected chi connectivity index (χ0v) is 16.4. The topological polar surface area (TPSA) is 33.3 Å². The highest BCUT2D eigenvalue weighted by molar-refractivity contribution is 7.80. The van der Waals surface area contributed by atoms with Gasteiger partial charge in [-0.2, -0.15) is 0 Å². The van der Waals surface area contributed by atoms with Gasteiger partial charge in [-0.05, 0) is 67.0 Å². The van der Waals surface area contributed by atoms with Gasteiger partial charge in [0.25, 0.3) is 0 Å². The van der Waals surface area contributed by atoms with Gasteiger partial charge in [0, 0.05) is 5.69 Å². The molecule has 0 radical (unpaired) electrons. The van der Waals surface area contributed by atoms with Crippen LogP contribution in [0.3, 0.4) is 0 Å². The van der Waals surface area contributed by atoms with Crippen LogP contribution in [0.2, 0.25) is 0 Å². The van der Waals surface area contributed by atoms with Crippen molar-refractivity contribution in [3.8, 4) is 16.9 Å². The Labute approximate surface area is 166 Å². The Balaban J connectivity index is 1.57. The number of hydrogen-bond acceptors (Lipinski definition) is 2. The number of thiocarbonyl (C=S) groups is 1. The Bertz CT molecular complexity index is 861. The van der Waals surface area contributed by atoms with Crippen molar-refractivity contribution < 1.29 is 4.74 Å². The van der Waals surface area contributed by atoms with E-state index < -0.39 is 0 Å². The quantitative estimate of drug-likeness (QED) is 0.533. The first-order chi connectivity index (χ1) is 13.2. The van der Waals surface area contributed by atoms with Gasteiger partial charge in [0.2, 0.25) is 0 Å². The maximum atomic E-state index is 5.45. The average Bonchev–Trinajstić information content (AvgIpc) is 2.70. The SMILES string of the molecule is CCOc1ccc(NC(=S)N[C@H](C)c2ccc(-c3ccccc3)cc2)cc1. The molecule has 0 spiro atoms. The van der Waals surface area contributed by atoms with Crippen molar-refractivity contribution in [1.82, 2.24) is 5.32 Å². The minimum absolute atomic E-state index is 0.109. The summed E-state index contributed by atoms with van der Waals surface area (Å²) in [4.78, 5) is 0. The van der Waals surface area contributed by atoms with E-state index in [1.807, 2.05) is 37.3 Å². The largest absolute Gasteiger partial charge is 0.494 e. The molecule has 0 aliphatic rings. The number of benzene rings is 3. The zero-order chi connectivity index (χ0) is 19.1. The van der Waals surface area contributed by atoms with Crippen LogP contribution in [0.5, 0.6) is 5.75 Å². The van der Waals surface area contributed by atoms with Crippen molar-refractivity contribution in [2.24, 2.45) is 0 Å². The molecule has 1 atom stereocenters. The van der Waals surface area contributed by atoms with Gasteiger partial charge < -0.3 is 15.4 Å². The minimum Gasteiger partial charge on any atom is -0.494 e. The Morgan fingerprint density at radius 2 is 1.52 bits per heavy atom. The summed E-state index contributed by atoms with van der Waals surface area (Å²) in [5, 5.41) is 7.14. The van der Waals surface area contributed by atoms with Crippen LogP contribution in [0.25, 0.3) is 11.1 Å².